The lowest BCUT2D eigenvalue weighted by molar-refractivity contribution is -0.144. The molecule has 0 bridgehead atoms. The van der Waals surface area contributed by atoms with E-state index in [2.05, 4.69) is 9.88 Å². The standard InChI is InChI=1S/C22H23FN4O4/c23-16-1-2-17-18(13-27(14-20(28)29)19(17)11-16)21(22(30)31)26-9-7-25(8-10-26)12-15-3-5-24-6-4-15/h1-6,11,13,21H,7-10,12,14H2,(H,28,29)(H,30,31)/t21-/m1/s1. The minimum absolute atomic E-state index is 0.369. The van der Waals surface area contributed by atoms with Crippen molar-refractivity contribution < 1.29 is 24.2 Å². The highest BCUT2D eigenvalue weighted by Crippen LogP contribution is 2.32. The molecule has 0 saturated carbocycles. The molecular formula is C22H23FN4O4. The summed E-state index contributed by atoms with van der Waals surface area (Å²) in [7, 11) is 0. The van der Waals surface area contributed by atoms with Gasteiger partial charge in [-0.25, -0.2) is 4.39 Å². The van der Waals surface area contributed by atoms with Crippen molar-refractivity contribution in [3.05, 3.63) is 65.9 Å². The van der Waals surface area contributed by atoms with Crippen LogP contribution in [0, 0.1) is 5.82 Å². The number of aliphatic carboxylic acids is 2. The summed E-state index contributed by atoms with van der Waals surface area (Å²) in [6, 6.07) is 7.02. The van der Waals surface area contributed by atoms with Crippen molar-refractivity contribution in [3.63, 3.8) is 0 Å². The Morgan fingerprint density at radius 1 is 1.06 bits per heavy atom. The summed E-state index contributed by atoms with van der Waals surface area (Å²) < 4.78 is 15.2. The van der Waals surface area contributed by atoms with Crippen LogP contribution >= 0.6 is 0 Å². The van der Waals surface area contributed by atoms with E-state index in [1.807, 2.05) is 17.0 Å². The zero-order chi connectivity index (χ0) is 22.0. The fourth-order valence-electron chi connectivity index (χ4n) is 4.20. The topological polar surface area (TPSA) is 98.9 Å². The van der Waals surface area contributed by atoms with Gasteiger partial charge in [0.15, 0.2) is 0 Å². The van der Waals surface area contributed by atoms with Crippen LogP contribution in [0.2, 0.25) is 0 Å². The molecule has 1 aliphatic rings. The summed E-state index contributed by atoms with van der Waals surface area (Å²) in [5.41, 5.74) is 2.00. The summed E-state index contributed by atoms with van der Waals surface area (Å²) in [5, 5.41) is 19.8. The SMILES string of the molecule is O=C(O)Cn1cc([C@H](C(=O)O)N2CCN(Cc3ccncc3)CC2)c2ccc(F)cc21. The van der Waals surface area contributed by atoms with E-state index in [0.29, 0.717) is 42.6 Å². The number of hydrogen-bond acceptors (Lipinski definition) is 5. The molecular weight excluding hydrogens is 403 g/mol. The molecule has 0 radical (unpaired) electrons. The highest BCUT2D eigenvalue weighted by atomic mass is 19.1. The number of rotatable bonds is 7. The van der Waals surface area contributed by atoms with Crippen LogP contribution in [0.3, 0.4) is 0 Å². The van der Waals surface area contributed by atoms with E-state index in [0.717, 1.165) is 12.1 Å². The molecule has 3 heterocycles. The van der Waals surface area contributed by atoms with Gasteiger partial charge in [-0.3, -0.25) is 24.4 Å². The number of carboxylic acids is 2. The lowest BCUT2D eigenvalue weighted by Crippen LogP contribution is -2.48. The molecule has 1 saturated heterocycles. The molecule has 162 valence electrons. The average molecular weight is 426 g/mol. The first kappa shape index (κ1) is 21.0. The molecule has 1 aliphatic heterocycles. The van der Waals surface area contributed by atoms with Crippen LogP contribution < -0.4 is 0 Å². The van der Waals surface area contributed by atoms with E-state index >= 15 is 0 Å². The van der Waals surface area contributed by atoms with Crippen LogP contribution in [0.4, 0.5) is 4.39 Å². The van der Waals surface area contributed by atoms with Gasteiger partial charge in [0, 0.05) is 62.3 Å². The average Bonchev–Trinajstić information content (AvgIpc) is 3.06. The van der Waals surface area contributed by atoms with Gasteiger partial charge in [0.2, 0.25) is 0 Å². The third kappa shape index (κ3) is 4.57. The van der Waals surface area contributed by atoms with Gasteiger partial charge in [-0.2, -0.15) is 0 Å². The number of benzene rings is 1. The Labute approximate surface area is 178 Å². The van der Waals surface area contributed by atoms with E-state index in [9.17, 15) is 24.2 Å². The van der Waals surface area contributed by atoms with Gasteiger partial charge in [-0.1, -0.05) is 0 Å². The first-order valence-corrected chi connectivity index (χ1v) is 10.0. The van der Waals surface area contributed by atoms with Gasteiger partial charge in [-0.15, -0.1) is 0 Å². The smallest absolute Gasteiger partial charge is 0.325 e. The normalized spacial score (nSPS) is 16.4. The van der Waals surface area contributed by atoms with Crippen molar-refractivity contribution in [2.45, 2.75) is 19.1 Å². The number of aromatic nitrogens is 2. The number of fused-ring (bicyclic) bond motifs is 1. The number of hydrogen-bond donors (Lipinski definition) is 2. The third-order valence-corrected chi connectivity index (χ3v) is 5.64. The van der Waals surface area contributed by atoms with Crippen LogP contribution in [-0.4, -0.2) is 67.7 Å². The Morgan fingerprint density at radius 3 is 2.42 bits per heavy atom. The molecule has 2 aromatic heterocycles. The first-order chi connectivity index (χ1) is 14.9. The number of halogens is 1. The van der Waals surface area contributed by atoms with Crippen LogP contribution in [0.1, 0.15) is 17.2 Å². The van der Waals surface area contributed by atoms with Gasteiger partial charge in [0.05, 0.1) is 5.52 Å². The minimum Gasteiger partial charge on any atom is -0.480 e. The minimum atomic E-state index is -1.08. The van der Waals surface area contributed by atoms with Gasteiger partial charge in [0.25, 0.3) is 0 Å². The molecule has 0 unspecified atom stereocenters. The van der Waals surface area contributed by atoms with Crippen LogP contribution in [0.25, 0.3) is 10.9 Å². The predicted molar refractivity (Wildman–Crippen MR) is 111 cm³/mol. The Bertz CT molecular complexity index is 1090. The highest BCUT2D eigenvalue weighted by Gasteiger charge is 2.33. The van der Waals surface area contributed by atoms with E-state index < -0.39 is 23.8 Å². The largest absolute Gasteiger partial charge is 0.480 e. The Kier molecular flexibility index (Phi) is 5.97. The number of piperazine rings is 1. The molecule has 1 atom stereocenters. The monoisotopic (exact) mass is 426 g/mol. The molecule has 0 amide bonds. The van der Waals surface area contributed by atoms with E-state index in [1.54, 1.807) is 12.4 Å². The Hall–Kier alpha value is -3.30. The first-order valence-electron chi connectivity index (χ1n) is 10.0. The zero-order valence-electron chi connectivity index (χ0n) is 16.8. The fourth-order valence-corrected chi connectivity index (χ4v) is 4.20. The van der Waals surface area contributed by atoms with Crippen molar-refractivity contribution in [1.29, 1.82) is 0 Å². The summed E-state index contributed by atoms with van der Waals surface area (Å²) in [6.07, 6.45) is 5.03. The van der Waals surface area contributed by atoms with E-state index in [1.165, 1.54) is 29.0 Å². The lowest BCUT2D eigenvalue weighted by atomic mass is 10.0. The molecule has 9 heteroatoms. The molecule has 31 heavy (non-hydrogen) atoms. The number of nitrogens with zero attached hydrogens (tertiary/aromatic N) is 4. The van der Waals surface area contributed by atoms with Gasteiger partial charge < -0.3 is 14.8 Å². The fraction of sp³-hybridized carbons (Fsp3) is 0.318. The van der Waals surface area contributed by atoms with Gasteiger partial charge in [0.1, 0.15) is 18.4 Å². The number of carbonyl (C=O) groups is 2. The number of pyridine rings is 1. The van der Waals surface area contributed by atoms with E-state index in [-0.39, 0.29) is 6.54 Å². The molecule has 1 fully saturated rings. The van der Waals surface area contributed by atoms with Crippen LogP contribution in [0.15, 0.2) is 48.9 Å². The molecule has 3 aromatic rings. The van der Waals surface area contributed by atoms with E-state index in [4.69, 9.17) is 0 Å². The lowest BCUT2D eigenvalue weighted by Gasteiger charge is -2.37. The Morgan fingerprint density at radius 2 is 1.77 bits per heavy atom. The molecule has 4 rings (SSSR count). The number of carboxylic acid groups (broad SMARTS) is 2. The van der Waals surface area contributed by atoms with Crippen LogP contribution in [0.5, 0.6) is 0 Å². The van der Waals surface area contributed by atoms with Crippen molar-refractivity contribution in [2.24, 2.45) is 0 Å². The Balaban J connectivity index is 1.58. The molecule has 2 N–H and O–H groups in total. The molecule has 1 aromatic carbocycles. The second-order valence-corrected chi connectivity index (χ2v) is 7.68. The van der Waals surface area contributed by atoms with Gasteiger partial charge >= 0.3 is 11.9 Å². The zero-order valence-corrected chi connectivity index (χ0v) is 16.8. The third-order valence-electron chi connectivity index (χ3n) is 5.64. The van der Waals surface area contributed by atoms with Crippen molar-refractivity contribution >= 4 is 22.8 Å². The highest BCUT2D eigenvalue weighted by molar-refractivity contribution is 5.90. The maximum Gasteiger partial charge on any atom is 0.325 e. The second-order valence-electron chi connectivity index (χ2n) is 7.68. The van der Waals surface area contributed by atoms with Crippen molar-refractivity contribution in [1.82, 2.24) is 19.4 Å². The van der Waals surface area contributed by atoms with Gasteiger partial charge in [-0.05, 0) is 35.9 Å². The van der Waals surface area contributed by atoms with Crippen LogP contribution in [-0.2, 0) is 22.7 Å². The molecule has 0 spiro atoms. The summed E-state index contributed by atoms with van der Waals surface area (Å²) in [6.45, 7) is 2.91. The molecule has 8 nitrogen and oxygen atoms in total. The molecule has 0 aliphatic carbocycles. The predicted octanol–water partition coefficient (Wildman–Crippen LogP) is 2.20. The summed E-state index contributed by atoms with van der Waals surface area (Å²) in [5.74, 6) is -2.59. The van der Waals surface area contributed by atoms with Crippen molar-refractivity contribution in [3.8, 4) is 0 Å². The maximum absolute atomic E-state index is 13.8. The second kappa shape index (κ2) is 8.83. The quantitative estimate of drug-likeness (QED) is 0.598. The van der Waals surface area contributed by atoms with Crippen molar-refractivity contribution in [2.75, 3.05) is 26.2 Å². The summed E-state index contributed by atoms with van der Waals surface area (Å²) in [4.78, 5) is 31.7. The maximum atomic E-state index is 13.8. The summed E-state index contributed by atoms with van der Waals surface area (Å²) >= 11 is 0.